The molecule has 2 amide bonds. The Labute approximate surface area is 133 Å². The lowest BCUT2D eigenvalue weighted by Gasteiger charge is -2.17. The van der Waals surface area contributed by atoms with Gasteiger partial charge in [-0.1, -0.05) is 41.4 Å². The van der Waals surface area contributed by atoms with Crippen LogP contribution in [0.15, 0.2) is 42.5 Å². The van der Waals surface area contributed by atoms with Gasteiger partial charge in [-0.3, -0.25) is 0 Å². The van der Waals surface area contributed by atoms with Gasteiger partial charge in [0.05, 0.1) is 16.1 Å². The van der Waals surface area contributed by atoms with E-state index in [1.165, 1.54) is 0 Å². The second-order valence-corrected chi connectivity index (χ2v) is 5.39. The topological polar surface area (TPSA) is 67.2 Å². The zero-order valence-corrected chi connectivity index (χ0v) is 12.9. The first kappa shape index (κ1) is 15.5. The molecule has 2 aromatic rings. The van der Waals surface area contributed by atoms with Crippen molar-refractivity contribution in [2.24, 2.45) is 0 Å². The summed E-state index contributed by atoms with van der Waals surface area (Å²) in [4.78, 5) is 12.0. The molecule has 21 heavy (non-hydrogen) atoms. The fourth-order valence-electron chi connectivity index (χ4n) is 1.92. The summed E-state index contributed by atoms with van der Waals surface area (Å²) in [6.07, 6.45) is 0. The number of carbonyl (C=O) groups is 1. The Morgan fingerprint density at radius 3 is 2.52 bits per heavy atom. The lowest BCUT2D eigenvalue weighted by atomic mass is 10.1. The highest BCUT2D eigenvalue weighted by Crippen LogP contribution is 2.25. The van der Waals surface area contributed by atoms with Crippen LogP contribution in [0.2, 0.25) is 10.0 Å². The zero-order chi connectivity index (χ0) is 15.4. The van der Waals surface area contributed by atoms with Crippen molar-refractivity contribution in [3.05, 3.63) is 58.1 Å². The smallest absolute Gasteiger partial charge is 0.319 e. The average Bonchev–Trinajstić information content (AvgIpc) is 2.43. The predicted octanol–water partition coefficient (Wildman–Crippen LogP) is 4.46. The number of anilines is 2. The zero-order valence-electron chi connectivity index (χ0n) is 11.4. The fourth-order valence-corrected chi connectivity index (χ4v) is 2.22. The van der Waals surface area contributed by atoms with E-state index in [9.17, 15) is 4.79 Å². The van der Waals surface area contributed by atoms with Crippen molar-refractivity contribution in [2.75, 3.05) is 11.1 Å². The Morgan fingerprint density at radius 1 is 1.14 bits per heavy atom. The second kappa shape index (κ2) is 6.70. The van der Waals surface area contributed by atoms with Crippen LogP contribution in [0.5, 0.6) is 0 Å². The number of carbonyl (C=O) groups excluding carboxylic acids is 1. The molecule has 0 spiro atoms. The average molecular weight is 324 g/mol. The second-order valence-electron chi connectivity index (χ2n) is 4.58. The van der Waals surface area contributed by atoms with Gasteiger partial charge in [-0.15, -0.1) is 0 Å². The van der Waals surface area contributed by atoms with Gasteiger partial charge in [0.15, 0.2) is 0 Å². The Balaban J connectivity index is 2.01. The minimum absolute atomic E-state index is 0.214. The highest BCUT2D eigenvalue weighted by Gasteiger charge is 2.12. The molecule has 0 radical (unpaired) electrons. The molecule has 0 aliphatic rings. The van der Waals surface area contributed by atoms with Crippen molar-refractivity contribution in [3.63, 3.8) is 0 Å². The number of halogens is 2. The minimum atomic E-state index is -0.343. The number of nitrogens with one attached hydrogen (secondary N) is 2. The number of urea groups is 1. The molecule has 0 aliphatic heterocycles. The molecule has 110 valence electrons. The maximum atomic E-state index is 12.0. The minimum Gasteiger partial charge on any atom is -0.398 e. The van der Waals surface area contributed by atoms with E-state index in [2.05, 4.69) is 10.6 Å². The van der Waals surface area contributed by atoms with Gasteiger partial charge < -0.3 is 16.4 Å². The molecule has 4 N–H and O–H groups in total. The maximum absolute atomic E-state index is 12.0. The van der Waals surface area contributed by atoms with Crippen LogP contribution in [0.3, 0.4) is 0 Å². The predicted molar refractivity (Wildman–Crippen MR) is 87.9 cm³/mol. The summed E-state index contributed by atoms with van der Waals surface area (Å²) >= 11 is 11.7. The molecule has 0 heterocycles. The number of benzene rings is 2. The van der Waals surface area contributed by atoms with Crippen molar-refractivity contribution in [2.45, 2.75) is 13.0 Å². The number of rotatable bonds is 3. The van der Waals surface area contributed by atoms with Gasteiger partial charge in [-0.25, -0.2) is 4.79 Å². The monoisotopic (exact) mass is 323 g/mol. The first-order chi connectivity index (χ1) is 9.97. The summed E-state index contributed by atoms with van der Waals surface area (Å²) in [5, 5.41) is 6.33. The molecular formula is C15H15Cl2N3O. The van der Waals surface area contributed by atoms with E-state index < -0.39 is 0 Å². The van der Waals surface area contributed by atoms with Gasteiger partial charge in [0.25, 0.3) is 0 Å². The van der Waals surface area contributed by atoms with E-state index in [1.807, 2.05) is 25.1 Å². The van der Waals surface area contributed by atoms with E-state index in [0.717, 1.165) is 5.56 Å². The van der Waals surface area contributed by atoms with Crippen molar-refractivity contribution in [3.8, 4) is 0 Å². The summed E-state index contributed by atoms with van der Waals surface area (Å²) in [5.74, 6) is 0. The van der Waals surface area contributed by atoms with Gasteiger partial charge in [0.1, 0.15) is 0 Å². The molecule has 0 saturated carbocycles. The number of nitrogen functional groups attached to an aromatic ring is 1. The van der Waals surface area contributed by atoms with Crippen LogP contribution in [0.25, 0.3) is 0 Å². The highest BCUT2D eigenvalue weighted by atomic mass is 35.5. The molecule has 2 aromatic carbocycles. The Morgan fingerprint density at radius 2 is 1.86 bits per heavy atom. The summed E-state index contributed by atoms with van der Waals surface area (Å²) in [7, 11) is 0. The molecule has 1 atom stereocenters. The SMILES string of the molecule is CC(NC(=O)Nc1ccc(Cl)c(Cl)c1)c1ccccc1N. The lowest BCUT2D eigenvalue weighted by molar-refractivity contribution is 0.249. The third-order valence-corrected chi connectivity index (χ3v) is 3.73. The van der Waals surface area contributed by atoms with Crippen LogP contribution in [0, 0.1) is 0 Å². The molecule has 0 saturated heterocycles. The molecule has 6 heteroatoms. The maximum Gasteiger partial charge on any atom is 0.319 e. The van der Waals surface area contributed by atoms with Gasteiger partial charge in [0.2, 0.25) is 0 Å². The number of amides is 2. The van der Waals surface area contributed by atoms with Gasteiger partial charge in [-0.05, 0) is 36.8 Å². The van der Waals surface area contributed by atoms with Crippen LogP contribution < -0.4 is 16.4 Å². The van der Waals surface area contributed by atoms with Crippen LogP contribution in [0.1, 0.15) is 18.5 Å². The van der Waals surface area contributed by atoms with E-state index in [4.69, 9.17) is 28.9 Å². The Kier molecular flexibility index (Phi) is 4.94. The first-order valence-electron chi connectivity index (χ1n) is 6.34. The lowest BCUT2D eigenvalue weighted by Crippen LogP contribution is -2.31. The first-order valence-corrected chi connectivity index (χ1v) is 7.10. The van der Waals surface area contributed by atoms with Crippen LogP contribution in [0.4, 0.5) is 16.2 Å². The van der Waals surface area contributed by atoms with Crippen molar-refractivity contribution >= 4 is 40.6 Å². The normalized spacial score (nSPS) is 11.8. The molecule has 1 unspecified atom stereocenters. The quantitative estimate of drug-likeness (QED) is 0.730. The highest BCUT2D eigenvalue weighted by molar-refractivity contribution is 6.42. The van der Waals surface area contributed by atoms with E-state index >= 15 is 0 Å². The number of para-hydroxylation sites is 1. The largest absolute Gasteiger partial charge is 0.398 e. The fraction of sp³-hybridized carbons (Fsp3) is 0.133. The van der Waals surface area contributed by atoms with Gasteiger partial charge >= 0.3 is 6.03 Å². The number of nitrogens with two attached hydrogens (primary N) is 1. The van der Waals surface area contributed by atoms with E-state index in [0.29, 0.717) is 21.4 Å². The number of hydrogen-bond acceptors (Lipinski definition) is 2. The molecule has 0 aromatic heterocycles. The molecule has 0 bridgehead atoms. The summed E-state index contributed by atoms with van der Waals surface area (Å²) < 4.78 is 0. The Hall–Kier alpha value is -1.91. The van der Waals surface area contributed by atoms with Crippen molar-refractivity contribution in [1.29, 1.82) is 0 Å². The third-order valence-electron chi connectivity index (χ3n) is 2.99. The summed E-state index contributed by atoms with van der Waals surface area (Å²) in [6.45, 7) is 1.86. The van der Waals surface area contributed by atoms with Gasteiger partial charge in [-0.2, -0.15) is 0 Å². The van der Waals surface area contributed by atoms with Crippen LogP contribution >= 0.6 is 23.2 Å². The van der Waals surface area contributed by atoms with Crippen LogP contribution in [-0.2, 0) is 0 Å². The van der Waals surface area contributed by atoms with Crippen LogP contribution in [-0.4, -0.2) is 6.03 Å². The van der Waals surface area contributed by atoms with Crippen molar-refractivity contribution in [1.82, 2.24) is 5.32 Å². The summed E-state index contributed by atoms with van der Waals surface area (Å²) in [6, 6.07) is 11.7. The standard InChI is InChI=1S/C15H15Cl2N3O/c1-9(11-4-2-3-5-14(11)18)19-15(21)20-10-6-7-12(16)13(17)8-10/h2-9H,18H2,1H3,(H2,19,20,21). The van der Waals surface area contributed by atoms with E-state index in [1.54, 1.807) is 24.3 Å². The third kappa shape index (κ3) is 4.03. The van der Waals surface area contributed by atoms with E-state index in [-0.39, 0.29) is 12.1 Å². The molecule has 0 aliphatic carbocycles. The van der Waals surface area contributed by atoms with Gasteiger partial charge in [0, 0.05) is 11.4 Å². The molecule has 0 fully saturated rings. The molecular weight excluding hydrogens is 309 g/mol. The summed E-state index contributed by atoms with van der Waals surface area (Å²) in [5.41, 5.74) is 7.95. The molecule has 4 nitrogen and oxygen atoms in total. The van der Waals surface area contributed by atoms with Crippen molar-refractivity contribution < 1.29 is 4.79 Å². The Bertz CT molecular complexity index is 661. The molecule has 2 rings (SSSR count). The number of hydrogen-bond donors (Lipinski definition) is 3.